The standard InChI is InChI=1S/C77H147NO13/c1-3-5-7-9-11-13-15-17-19-21-23-25-27-29-31-32-33-34-35-37-39-41-43-45-47-49-51-53-55-57-59-61-69(82)78-65(64-88-76-74(87)72(85)75(68(63-80)90-76)91-77-73(86)71(84)70(83)67(62-79)89-77)66(81)60-58-56-54-52-50-48-46-44-42-40-38-36-30-28-26-24-22-20-18-16-14-12-10-8-6-4-2/h50,52,58,60,65-68,70-77,79-81,83-87H,3-49,51,53-57,59,61-64H2,1-2H3,(H,78,82)/b52-50+,60-58+. The van der Waals surface area contributed by atoms with Gasteiger partial charge in [0.2, 0.25) is 5.91 Å². The Bertz CT molecular complexity index is 1620. The average molecular weight is 1300 g/mol. The summed E-state index contributed by atoms with van der Waals surface area (Å²) in [6.07, 6.45) is 62.6. The highest BCUT2D eigenvalue weighted by atomic mass is 16.7. The first-order valence-corrected chi connectivity index (χ1v) is 39.1. The van der Waals surface area contributed by atoms with E-state index in [4.69, 9.17) is 18.9 Å². The molecule has 2 heterocycles. The van der Waals surface area contributed by atoms with Crippen molar-refractivity contribution in [2.75, 3.05) is 19.8 Å². The number of hydrogen-bond acceptors (Lipinski definition) is 13. The normalized spacial score (nSPS) is 22.8. The summed E-state index contributed by atoms with van der Waals surface area (Å²) in [7, 11) is 0. The molecule has 0 spiro atoms. The summed E-state index contributed by atoms with van der Waals surface area (Å²) in [4.78, 5) is 13.4. The molecule has 0 saturated carbocycles. The Morgan fingerprint density at radius 2 is 0.703 bits per heavy atom. The Balaban J connectivity index is 1.64. The number of allylic oxidation sites excluding steroid dienone is 3. The van der Waals surface area contributed by atoms with Gasteiger partial charge in [-0.2, -0.15) is 0 Å². The summed E-state index contributed by atoms with van der Waals surface area (Å²) >= 11 is 0. The molecule has 14 heteroatoms. The lowest BCUT2D eigenvalue weighted by Gasteiger charge is -2.46. The van der Waals surface area contributed by atoms with Crippen LogP contribution in [0.5, 0.6) is 0 Å². The van der Waals surface area contributed by atoms with Gasteiger partial charge in [0.05, 0.1) is 32.0 Å². The molecular weight excluding hydrogens is 1150 g/mol. The number of ether oxygens (including phenoxy) is 4. The summed E-state index contributed by atoms with van der Waals surface area (Å²) in [5.74, 6) is -0.240. The van der Waals surface area contributed by atoms with Gasteiger partial charge in [-0.3, -0.25) is 4.79 Å². The molecule has 0 radical (unpaired) electrons. The van der Waals surface area contributed by atoms with Gasteiger partial charge in [0.15, 0.2) is 12.6 Å². The van der Waals surface area contributed by atoms with Crippen molar-refractivity contribution in [1.29, 1.82) is 0 Å². The highest BCUT2D eigenvalue weighted by Crippen LogP contribution is 2.30. The number of aliphatic hydroxyl groups is 8. The monoisotopic (exact) mass is 1290 g/mol. The van der Waals surface area contributed by atoms with Crippen LogP contribution in [0, 0.1) is 0 Å². The quantitative estimate of drug-likeness (QED) is 0.0204. The summed E-state index contributed by atoms with van der Waals surface area (Å²) in [6.45, 7) is 2.85. The minimum absolute atomic E-state index is 0.240. The van der Waals surface area contributed by atoms with Crippen LogP contribution in [0.2, 0.25) is 0 Å². The molecule has 2 rings (SSSR count). The highest BCUT2D eigenvalue weighted by molar-refractivity contribution is 5.76. The lowest BCUT2D eigenvalue weighted by Crippen LogP contribution is -2.65. The Morgan fingerprint density at radius 3 is 1.08 bits per heavy atom. The average Bonchev–Trinajstić information content (AvgIpc) is 0.888. The third-order valence-electron chi connectivity index (χ3n) is 19.4. The van der Waals surface area contributed by atoms with Crippen LogP contribution in [0.25, 0.3) is 0 Å². The number of rotatable bonds is 66. The van der Waals surface area contributed by atoms with Crippen LogP contribution >= 0.6 is 0 Å². The molecule has 2 aliphatic heterocycles. The molecule has 0 aromatic rings. The predicted octanol–water partition coefficient (Wildman–Crippen LogP) is 17.1. The van der Waals surface area contributed by atoms with Crippen molar-refractivity contribution in [2.45, 2.75) is 441 Å². The van der Waals surface area contributed by atoms with Gasteiger partial charge in [-0.05, 0) is 32.1 Å². The van der Waals surface area contributed by atoms with E-state index in [2.05, 4.69) is 31.3 Å². The molecule has 14 nitrogen and oxygen atoms in total. The summed E-state index contributed by atoms with van der Waals surface area (Å²) in [6, 6.07) is -0.930. The molecule has 0 aromatic carbocycles. The van der Waals surface area contributed by atoms with Gasteiger partial charge in [-0.1, -0.05) is 353 Å². The fourth-order valence-corrected chi connectivity index (χ4v) is 13.2. The van der Waals surface area contributed by atoms with Crippen molar-refractivity contribution in [3.63, 3.8) is 0 Å². The van der Waals surface area contributed by atoms with Crippen LogP contribution in [-0.4, -0.2) is 140 Å². The maximum absolute atomic E-state index is 13.4. The molecule has 12 atom stereocenters. The van der Waals surface area contributed by atoms with E-state index in [9.17, 15) is 45.6 Å². The summed E-state index contributed by atoms with van der Waals surface area (Å²) < 4.78 is 22.9. The van der Waals surface area contributed by atoms with Gasteiger partial charge in [0.25, 0.3) is 0 Å². The molecule has 12 unspecified atom stereocenters. The number of unbranched alkanes of at least 4 members (excludes halogenated alkanes) is 51. The minimum atomic E-state index is -1.79. The zero-order valence-corrected chi connectivity index (χ0v) is 58.9. The molecule has 2 aliphatic rings. The largest absolute Gasteiger partial charge is 0.394 e. The molecule has 91 heavy (non-hydrogen) atoms. The number of aliphatic hydroxyl groups excluding tert-OH is 8. The SMILES string of the molecule is CCCCCCCCCCCCCCCCCCCCCC/C=C/CC/C=C/C(O)C(COC1OC(CO)C(OC2OC(CO)C(O)C(O)C2O)C(O)C1O)NC(=O)CCCCCCCCCCCCCCCCCCCCCCCCCCCCCCCCC. The molecule has 0 aromatic heterocycles. The third kappa shape index (κ3) is 45.6. The van der Waals surface area contributed by atoms with Gasteiger partial charge in [0, 0.05) is 6.42 Å². The summed E-state index contributed by atoms with van der Waals surface area (Å²) in [5, 5.41) is 87.6. The molecule has 0 aliphatic carbocycles. The smallest absolute Gasteiger partial charge is 0.220 e. The van der Waals surface area contributed by atoms with E-state index < -0.39 is 86.8 Å². The van der Waals surface area contributed by atoms with Crippen molar-refractivity contribution >= 4 is 5.91 Å². The second-order valence-corrected chi connectivity index (χ2v) is 27.8. The molecule has 9 N–H and O–H groups in total. The van der Waals surface area contributed by atoms with Crippen LogP contribution in [0.1, 0.15) is 367 Å². The summed E-state index contributed by atoms with van der Waals surface area (Å²) in [5.41, 5.74) is 0. The minimum Gasteiger partial charge on any atom is -0.394 e. The first-order chi connectivity index (χ1) is 44.6. The highest BCUT2D eigenvalue weighted by Gasteiger charge is 2.51. The van der Waals surface area contributed by atoms with Crippen LogP contribution in [-0.2, 0) is 23.7 Å². The number of hydrogen-bond donors (Lipinski definition) is 9. The van der Waals surface area contributed by atoms with E-state index in [1.807, 2.05) is 6.08 Å². The van der Waals surface area contributed by atoms with E-state index in [0.717, 1.165) is 32.1 Å². The number of amides is 1. The second-order valence-electron chi connectivity index (χ2n) is 27.8. The fraction of sp³-hybridized carbons (Fsp3) is 0.935. The molecule has 0 bridgehead atoms. The predicted molar refractivity (Wildman–Crippen MR) is 374 cm³/mol. The zero-order valence-electron chi connectivity index (χ0n) is 58.9. The Labute approximate surface area is 558 Å². The van der Waals surface area contributed by atoms with Crippen LogP contribution in [0.15, 0.2) is 24.3 Å². The van der Waals surface area contributed by atoms with E-state index in [1.165, 1.54) is 302 Å². The first kappa shape index (κ1) is 85.6. The molecule has 538 valence electrons. The Hall–Kier alpha value is -1.53. The number of carbonyl (C=O) groups is 1. The zero-order chi connectivity index (χ0) is 65.9. The van der Waals surface area contributed by atoms with E-state index >= 15 is 0 Å². The Morgan fingerprint density at radius 1 is 0.385 bits per heavy atom. The third-order valence-corrected chi connectivity index (χ3v) is 19.4. The van der Waals surface area contributed by atoms with Crippen molar-refractivity contribution < 1.29 is 64.6 Å². The number of nitrogens with one attached hydrogen (secondary N) is 1. The van der Waals surface area contributed by atoms with Gasteiger partial charge >= 0.3 is 0 Å². The van der Waals surface area contributed by atoms with Crippen molar-refractivity contribution in [3.8, 4) is 0 Å². The lowest BCUT2D eigenvalue weighted by atomic mass is 9.97. The molecule has 2 fully saturated rings. The number of carbonyl (C=O) groups excluding carboxylic acids is 1. The Kier molecular flexibility index (Phi) is 58.3. The second kappa shape index (κ2) is 62.0. The molecule has 2 saturated heterocycles. The molecular formula is C77H147NO13. The first-order valence-electron chi connectivity index (χ1n) is 39.1. The van der Waals surface area contributed by atoms with Crippen molar-refractivity contribution in [3.05, 3.63) is 24.3 Å². The van der Waals surface area contributed by atoms with Gasteiger partial charge < -0.3 is 65.1 Å². The maximum Gasteiger partial charge on any atom is 0.220 e. The van der Waals surface area contributed by atoms with Crippen LogP contribution in [0.3, 0.4) is 0 Å². The van der Waals surface area contributed by atoms with Gasteiger partial charge in [-0.15, -0.1) is 0 Å². The van der Waals surface area contributed by atoms with E-state index in [-0.39, 0.29) is 18.9 Å². The topological polar surface area (TPSA) is 228 Å². The lowest BCUT2D eigenvalue weighted by molar-refractivity contribution is -0.359. The van der Waals surface area contributed by atoms with E-state index in [0.29, 0.717) is 12.8 Å². The van der Waals surface area contributed by atoms with Gasteiger partial charge in [-0.25, -0.2) is 0 Å². The van der Waals surface area contributed by atoms with Gasteiger partial charge in [0.1, 0.15) is 48.8 Å². The van der Waals surface area contributed by atoms with Crippen LogP contribution < -0.4 is 5.32 Å². The van der Waals surface area contributed by atoms with Crippen LogP contribution in [0.4, 0.5) is 0 Å². The van der Waals surface area contributed by atoms with Crippen molar-refractivity contribution in [1.82, 2.24) is 5.32 Å². The van der Waals surface area contributed by atoms with Crippen molar-refractivity contribution in [2.24, 2.45) is 0 Å². The molecule has 1 amide bonds. The fourth-order valence-electron chi connectivity index (χ4n) is 13.2. The van der Waals surface area contributed by atoms with E-state index in [1.54, 1.807) is 6.08 Å². The maximum atomic E-state index is 13.4.